The molecule has 4 rings (SSSR count). The smallest absolute Gasteiger partial charge is 0.248 e. The minimum absolute atomic E-state index is 0.120. The lowest BCUT2D eigenvalue weighted by molar-refractivity contribution is -0.140. The second kappa shape index (κ2) is 20.1. The SMILES string of the molecule is C/C=C(\C(=O)NCCc1ccccc1)[C@H](CCC)NC(=O)[C@@H]1C[C@@H](OCc2ccc(Cl)cc2)CN1C(=O)[C@@H](CCC1CCNCC1)NS(C)(=O)=O. The Hall–Kier alpha value is -3.29. The monoisotopic (exact) mass is 743 g/mol. The summed E-state index contributed by atoms with van der Waals surface area (Å²) in [5, 5.41) is 10.0. The Labute approximate surface area is 308 Å². The van der Waals surface area contributed by atoms with Crippen molar-refractivity contribution in [2.75, 3.05) is 32.4 Å². The van der Waals surface area contributed by atoms with Crippen LogP contribution >= 0.6 is 11.6 Å². The lowest BCUT2D eigenvalue weighted by Crippen LogP contribution is -2.55. The molecule has 0 spiro atoms. The maximum Gasteiger partial charge on any atom is 0.248 e. The van der Waals surface area contributed by atoms with Crippen molar-refractivity contribution in [1.29, 1.82) is 0 Å². The Morgan fingerprint density at radius 1 is 1.02 bits per heavy atom. The number of benzene rings is 2. The van der Waals surface area contributed by atoms with Crippen LogP contribution in [0.5, 0.6) is 0 Å². The van der Waals surface area contributed by atoms with Crippen molar-refractivity contribution in [3.8, 4) is 0 Å². The quantitative estimate of drug-likeness (QED) is 0.168. The maximum absolute atomic E-state index is 14.3. The highest BCUT2D eigenvalue weighted by molar-refractivity contribution is 7.88. The van der Waals surface area contributed by atoms with Gasteiger partial charge < -0.3 is 25.6 Å². The van der Waals surface area contributed by atoms with Gasteiger partial charge in [-0.15, -0.1) is 0 Å². The molecule has 280 valence electrons. The first-order valence-electron chi connectivity index (χ1n) is 18.1. The van der Waals surface area contributed by atoms with Crippen LogP contribution in [0, 0.1) is 5.92 Å². The lowest BCUT2D eigenvalue weighted by atomic mass is 9.91. The summed E-state index contributed by atoms with van der Waals surface area (Å²) in [7, 11) is -3.73. The summed E-state index contributed by atoms with van der Waals surface area (Å²) in [6.07, 6.45) is 7.33. The zero-order chi connectivity index (χ0) is 36.8. The second-order valence-corrected chi connectivity index (χ2v) is 15.8. The molecule has 2 fully saturated rings. The third-order valence-corrected chi connectivity index (χ3v) is 10.6. The van der Waals surface area contributed by atoms with E-state index in [0.717, 1.165) is 43.3 Å². The fourth-order valence-electron chi connectivity index (χ4n) is 6.89. The number of carbonyl (C=O) groups is 3. The van der Waals surface area contributed by atoms with E-state index in [4.69, 9.17) is 16.3 Å². The van der Waals surface area contributed by atoms with E-state index in [9.17, 15) is 22.8 Å². The number of carbonyl (C=O) groups excluding carboxylic acids is 3. The first-order chi connectivity index (χ1) is 24.5. The molecule has 51 heavy (non-hydrogen) atoms. The van der Waals surface area contributed by atoms with Crippen LogP contribution in [-0.2, 0) is 42.2 Å². The summed E-state index contributed by atoms with van der Waals surface area (Å²) >= 11 is 6.05. The van der Waals surface area contributed by atoms with Gasteiger partial charge in [-0.2, -0.15) is 0 Å². The summed E-state index contributed by atoms with van der Waals surface area (Å²) in [5.74, 6) is -0.744. The molecule has 2 aromatic rings. The van der Waals surface area contributed by atoms with Gasteiger partial charge in [-0.1, -0.05) is 73.5 Å². The van der Waals surface area contributed by atoms with Gasteiger partial charge in [-0.3, -0.25) is 14.4 Å². The molecule has 0 unspecified atom stereocenters. The number of hydrogen-bond acceptors (Lipinski definition) is 7. The van der Waals surface area contributed by atoms with E-state index >= 15 is 0 Å². The van der Waals surface area contributed by atoms with Crippen LogP contribution in [0.2, 0.25) is 5.02 Å². The van der Waals surface area contributed by atoms with E-state index in [2.05, 4.69) is 20.7 Å². The predicted molar refractivity (Wildman–Crippen MR) is 200 cm³/mol. The summed E-state index contributed by atoms with van der Waals surface area (Å²) in [6, 6.07) is 14.6. The summed E-state index contributed by atoms with van der Waals surface area (Å²) in [5.41, 5.74) is 2.45. The zero-order valence-electron chi connectivity index (χ0n) is 30.0. The van der Waals surface area contributed by atoms with Gasteiger partial charge >= 0.3 is 0 Å². The lowest BCUT2D eigenvalue weighted by Gasteiger charge is -2.31. The van der Waals surface area contributed by atoms with E-state index < -0.39 is 46.1 Å². The van der Waals surface area contributed by atoms with Gasteiger partial charge in [0.1, 0.15) is 12.1 Å². The molecule has 11 nitrogen and oxygen atoms in total. The number of sulfonamides is 1. The molecule has 0 aliphatic carbocycles. The average Bonchev–Trinajstić information content (AvgIpc) is 3.55. The van der Waals surface area contributed by atoms with Crippen molar-refractivity contribution in [2.45, 2.75) is 96.1 Å². The number of amides is 3. The van der Waals surface area contributed by atoms with Crippen molar-refractivity contribution in [2.24, 2.45) is 5.92 Å². The van der Waals surface area contributed by atoms with Gasteiger partial charge in [0.15, 0.2) is 0 Å². The van der Waals surface area contributed by atoms with E-state index in [1.165, 1.54) is 4.90 Å². The standard InChI is InChI=1S/C38H54ClN5O6S/c1-4-9-33(32(5-2)36(45)41-23-20-27-10-7-6-8-11-27)42-37(46)35-24-31(50-26-29-12-15-30(39)16-13-29)25-44(35)38(47)34(43-51(3,48)49)17-14-28-18-21-40-22-19-28/h5-8,10-13,15-16,28,31,33-35,40,43H,4,9,14,17-26H2,1-3H3,(H,41,45)(H,42,46)/b32-5-/t31-,33+,34-,35+/m1/s1. The Morgan fingerprint density at radius 2 is 1.73 bits per heavy atom. The number of allylic oxidation sites excluding steroid dienone is 1. The molecule has 0 saturated carbocycles. The summed E-state index contributed by atoms with van der Waals surface area (Å²) < 4.78 is 33.7. The van der Waals surface area contributed by atoms with E-state index in [-0.39, 0.29) is 25.5 Å². The minimum atomic E-state index is -3.73. The van der Waals surface area contributed by atoms with Crippen molar-refractivity contribution < 1.29 is 27.5 Å². The van der Waals surface area contributed by atoms with Crippen LogP contribution < -0.4 is 20.7 Å². The van der Waals surface area contributed by atoms with Crippen LogP contribution in [0.3, 0.4) is 0 Å². The van der Waals surface area contributed by atoms with Crippen LogP contribution in [0.15, 0.2) is 66.2 Å². The van der Waals surface area contributed by atoms with Crippen LogP contribution in [0.25, 0.3) is 0 Å². The average molecular weight is 744 g/mol. The number of rotatable bonds is 18. The molecule has 2 aliphatic heterocycles. The number of nitrogens with one attached hydrogen (secondary N) is 4. The van der Waals surface area contributed by atoms with E-state index in [0.29, 0.717) is 55.2 Å². The maximum atomic E-state index is 14.3. The molecular weight excluding hydrogens is 690 g/mol. The third kappa shape index (κ3) is 13.0. The number of nitrogens with zero attached hydrogens (tertiary/aromatic N) is 1. The molecule has 0 radical (unpaired) electrons. The zero-order valence-corrected chi connectivity index (χ0v) is 31.6. The molecule has 2 saturated heterocycles. The normalized spacial score (nSPS) is 19.8. The molecule has 3 amide bonds. The van der Waals surface area contributed by atoms with Gasteiger partial charge in [-0.25, -0.2) is 13.1 Å². The highest BCUT2D eigenvalue weighted by Gasteiger charge is 2.43. The minimum Gasteiger partial charge on any atom is -0.372 e. The van der Waals surface area contributed by atoms with Gasteiger partial charge in [0.25, 0.3) is 0 Å². The molecule has 0 aromatic heterocycles. The Balaban J connectivity index is 1.51. The molecule has 4 atom stereocenters. The third-order valence-electron chi connectivity index (χ3n) is 9.61. The molecule has 2 heterocycles. The van der Waals surface area contributed by atoms with Crippen molar-refractivity contribution in [1.82, 2.24) is 25.6 Å². The highest BCUT2D eigenvalue weighted by Crippen LogP contribution is 2.26. The van der Waals surface area contributed by atoms with Gasteiger partial charge in [0, 0.05) is 30.1 Å². The van der Waals surface area contributed by atoms with Gasteiger partial charge in [-0.05, 0) is 87.7 Å². The van der Waals surface area contributed by atoms with Crippen molar-refractivity contribution in [3.05, 3.63) is 82.4 Å². The topological polar surface area (TPSA) is 146 Å². The fraction of sp³-hybridized carbons (Fsp3) is 0.553. The number of ether oxygens (including phenoxy) is 1. The van der Waals surface area contributed by atoms with Gasteiger partial charge in [0.05, 0.1) is 25.0 Å². The number of halogens is 1. The molecule has 2 aromatic carbocycles. The predicted octanol–water partition coefficient (Wildman–Crippen LogP) is 4.11. The number of hydrogen-bond donors (Lipinski definition) is 4. The Morgan fingerprint density at radius 3 is 2.37 bits per heavy atom. The highest BCUT2D eigenvalue weighted by atomic mass is 35.5. The second-order valence-electron chi connectivity index (χ2n) is 13.6. The number of piperidine rings is 1. The fourth-order valence-corrected chi connectivity index (χ4v) is 7.75. The van der Waals surface area contributed by atoms with Crippen LogP contribution in [0.1, 0.15) is 69.9 Å². The molecule has 0 bridgehead atoms. The van der Waals surface area contributed by atoms with Gasteiger partial charge in [0.2, 0.25) is 27.7 Å². The molecule has 13 heteroatoms. The molecule has 2 aliphatic rings. The van der Waals surface area contributed by atoms with Crippen LogP contribution in [-0.4, -0.2) is 87.7 Å². The van der Waals surface area contributed by atoms with E-state index in [1.807, 2.05) is 49.4 Å². The van der Waals surface area contributed by atoms with Crippen molar-refractivity contribution in [3.63, 3.8) is 0 Å². The summed E-state index contributed by atoms with van der Waals surface area (Å²) in [6.45, 7) is 6.35. The van der Waals surface area contributed by atoms with E-state index in [1.54, 1.807) is 25.1 Å². The first-order valence-corrected chi connectivity index (χ1v) is 20.4. The molecule has 4 N–H and O–H groups in total. The Kier molecular flexibility index (Phi) is 15.9. The summed E-state index contributed by atoms with van der Waals surface area (Å²) in [4.78, 5) is 43.3. The number of likely N-dealkylation sites (tertiary alicyclic amines) is 1. The van der Waals surface area contributed by atoms with Crippen molar-refractivity contribution >= 4 is 39.3 Å². The Bertz CT molecular complexity index is 1570. The van der Waals surface area contributed by atoms with Crippen LogP contribution in [0.4, 0.5) is 0 Å². The molecular formula is C38H54ClN5O6S. The first kappa shape index (κ1) is 40.5. The largest absolute Gasteiger partial charge is 0.372 e.